The summed E-state index contributed by atoms with van der Waals surface area (Å²) < 4.78 is 27.5. The first-order valence-electron chi connectivity index (χ1n) is 10.4. The Kier molecular flexibility index (Phi) is 5.26. The van der Waals surface area contributed by atoms with Crippen molar-refractivity contribution in [3.8, 4) is 11.7 Å². The number of phenolic OH excluding ortho intramolecular Hbond substituents is 1. The molecule has 2 aliphatic rings. The van der Waals surface area contributed by atoms with Gasteiger partial charge < -0.3 is 24.4 Å². The molecular formula is C20H23ClFN7O3. The third-order valence-corrected chi connectivity index (χ3v) is 5.88. The van der Waals surface area contributed by atoms with E-state index in [1.807, 2.05) is 23.6 Å². The number of halogens is 2. The van der Waals surface area contributed by atoms with Crippen LogP contribution < -0.4 is 9.80 Å². The minimum atomic E-state index is -0.833. The van der Waals surface area contributed by atoms with Crippen LogP contribution in [-0.2, 0) is 9.47 Å². The molecule has 0 spiro atoms. The predicted molar refractivity (Wildman–Crippen MR) is 116 cm³/mol. The molecule has 12 heteroatoms. The first kappa shape index (κ1) is 21.1. The summed E-state index contributed by atoms with van der Waals surface area (Å²) in [5, 5.41) is 9.85. The Morgan fingerprint density at radius 3 is 2.34 bits per heavy atom. The Labute approximate surface area is 188 Å². The van der Waals surface area contributed by atoms with Crippen molar-refractivity contribution in [3.63, 3.8) is 0 Å². The van der Waals surface area contributed by atoms with Gasteiger partial charge in [0.05, 0.1) is 30.9 Å². The Morgan fingerprint density at radius 1 is 0.969 bits per heavy atom. The number of anilines is 2. The van der Waals surface area contributed by atoms with Crippen LogP contribution >= 0.6 is 11.6 Å². The van der Waals surface area contributed by atoms with Crippen LogP contribution in [0.15, 0.2) is 12.1 Å². The zero-order valence-electron chi connectivity index (χ0n) is 17.8. The van der Waals surface area contributed by atoms with Gasteiger partial charge in [-0.3, -0.25) is 0 Å². The molecule has 5 rings (SSSR count). The van der Waals surface area contributed by atoms with E-state index in [-0.39, 0.29) is 27.8 Å². The smallest absolute Gasteiger partial charge is 0.297 e. The van der Waals surface area contributed by atoms with Crippen LogP contribution in [0.2, 0.25) is 5.02 Å². The molecule has 2 saturated heterocycles. The van der Waals surface area contributed by atoms with E-state index >= 15 is 4.39 Å². The third-order valence-electron chi connectivity index (χ3n) is 5.51. The molecule has 4 heterocycles. The molecule has 0 atom stereocenters. The molecule has 0 aliphatic carbocycles. The topological polar surface area (TPSA) is 102 Å². The third kappa shape index (κ3) is 3.80. The molecule has 3 aromatic rings. The van der Waals surface area contributed by atoms with Crippen molar-refractivity contribution in [1.82, 2.24) is 24.5 Å². The van der Waals surface area contributed by atoms with Crippen LogP contribution in [0, 0.1) is 6.08 Å². The van der Waals surface area contributed by atoms with Gasteiger partial charge in [0.25, 0.3) is 6.08 Å². The Hall–Kier alpha value is -2.76. The normalized spacial score (nSPS) is 19.0. The quantitative estimate of drug-likeness (QED) is 0.626. The van der Waals surface area contributed by atoms with E-state index in [2.05, 4.69) is 15.0 Å². The van der Waals surface area contributed by atoms with E-state index in [0.29, 0.717) is 63.4 Å². The average molecular weight is 464 g/mol. The number of hydrogen-bond acceptors (Lipinski definition) is 9. The van der Waals surface area contributed by atoms with Gasteiger partial charge in [-0.25, -0.2) is 4.57 Å². The van der Waals surface area contributed by atoms with Gasteiger partial charge in [0.15, 0.2) is 0 Å². The van der Waals surface area contributed by atoms with Gasteiger partial charge in [-0.1, -0.05) is 11.6 Å². The van der Waals surface area contributed by atoms with Crippen molar-refractivity contribution in [2.45, 2.75) is 19.4 Å². The zero-order chi connectivity index (χ0) is 22.5. The van der Waals surface area contributed by atoms with E-state index in [1.54, 1.807) is 0 Å². The van der Waals surface area contributed by atoms with Crippen LogP contribution in [0.5, 0.6) is 5.75 Å². The molecule has 10 nitrogen and oxygen atoms in total. The van der Waals surface area contributed by atoms with Crippen LogP contribution in [-0.4, -0.2) is 81.2 Å². The van der Waals surface area contributed by atoms with Crippen molar-refractivity contribution in [2.75, 3.05) is 55.8 Å². The van der Waals surface area contributed by atoms with Crippen LogP contribution in [0.1, 0.15) is 13.8 Å². The second-order valence-corrected chi connectivity index (χ2v) is 8.73. The van der Waals surface area contributed by atoms with Gasteiger partial charge in [0.2, 0.25) is 17.8 Å². The number of ether oxygens (including phenoxy) is 2. The van der Waals surface area contributed by atoms with Gasteiger partial charge in [-0.15, -0.1) is 0 Å². The van der Waals surface area contributed by atoms with Gasteiger partial charge in [-0.2, -0.15) is 24.3 Å². The molecule has 1 N–H and O–H groups in total. The molecule has 0 saturated carbocycles. The highest BCUT2D eigenvalue weighted by atomic mass is 35.5. The summed E-state index contributed by atoms with van der Waals surface area (Å²) in [6.07, 6.45) is -0.833. The second-order valence-electron chi connectivity index (χ2n) is 8.35. The largest absolute Gasteiger partial charge is 0.506 e. The first-order valence-corrected chi connectivity index (χ1v) is 10.7. The van der Waals surface area contributed by atoms with Gasteiger partial charge in [0, 0.05) is 26.2 Å². The van der Waals surface area contributed by atoms with E-state index in [0.717, 1.165) is 0 Å². The van der Waals surface area contributed by atoms with Crippen molar-refractivity contribution >= 4 is 34.5 Å². The molecule has 2 fully saturated rings. The molecular weight excluding hydrogens is 441 g/mol. The molecule has 170 valence electrons. The van der Waals surface area contributed by atoms with Crippen LogP contribution in [0.4, 0.5) is 16.3 Å². The monoisotopic (exact) mass is 463 g/mol. The Bertz CT molecular complexity index is 1170. The van der Waals surface area contributed by atoms with Crippen molar-refractivity contribution in [1.29, 1.82) is 0 Å². The number of benzene rings is 1. The van der Waals surface area contributed by atoms with Crippen molar-refractivity contribution in [3.05, 3.63) is 23.2 Å². The molecule has 0 amide bonds. The highest BCUT2D eigenvalue weighted by Gasteiger charge is 2.30. The van der Waals surface area contributed by atoms with Gasteiger partial charge in [0.1, 0.15) is 16.3 Å². The van der Waals surface area contributed by atoms with Gasteiger partial charge >= 0.3 is 0 Å². The lowest BCUT2D eigenvalue weighted by molar-refractivity contribution is -0.0281. The fraction of sp³-hybridized carbons (Fsp3) is 0.500. The molecule has 2 aromatic heterocycles. The Balaban J connectivity index is 1.66. The number of nitrogens with zero attached hydrogens (tertiary/aromatic N) is 7. The summed E-state index contributed by atoms with van der Waals surface area (Å²) in [5.41, 5.74) is 0.103. The summed E-state index contributed by atoms with van der Waals surface area (Å²) in [6.45, 7) is 8.04. The number of aromatic nitrogens is 5. The molecule has 0 radical (unpaired) electrons. The lowest BCUT2D eigenvalue weighted by Gasteiger charge is -2.38. The minimum Gasteiger partial charge on any atom is -0.506 e. The zero-order valence-corrected chi connectivity index (χ0v) is 18.5. The number of rotatable bonds is 3. The summed E-state index contributed by atoms with van der Waals surface area (Å²) in [6, 6.07) is 2.92. The summed E-state index contributed by atoms with van der Waals surface area (Å²) in [5.74, 6) is 0.773. The second kappa shape index (κ2) is 7.98. The highest BCUT2D eigenvalue weighted by molar-refractivity contribution is 6.36. The molecule has 2 aliphatic heterocycles. The fourth-order valence-corrected chi connectivity index (χ4v) is 4.14. The number of imidazole rings is 1. The molecule has 0 bridgehead atoms. The lowest BCUT2D eigenvalue weighted by Crippen LogP contribution is -2.49. The average Bonchev–Trinajstić information content (AvgIpc) is 3.12. The van der Waals surface area contributed by atoms with Crippen LogP contribution in [0.3, 0.4) is 0 Å². The van der Waals surface area contributed by atoms with E-state index in [1.165, 1.54) is 16.7 Å². The summed E-state index contributed by atoms with van der Waals surface area (Å²) >= 11 is 6.15. The highest BCUT2D eigenvalue weighted by Crippen LogP contribution is 2.33. The standard InChI is InChI=1S/C20H23ClFN7O3/c1-20(2)11-28(7-10-32-20)18-24-17(27-5-8-31-9-6-27)25-19(26-18)29-12-3-4-13(30)14(21)15(12)23-16(29)22/h3-4,30H,5-11H2,1-2H3. The predicted octanol–water partition coefficient (Wildman–Crippen LogP) is 2.16. The number of morpholine rings is 2. The van der Waals surface area contributed by atoms with Crippen LogP contribution in [0.25, 0.3) is 17.0 Å². The van der Waals surface area contributed by atoms with Crippen molar-refractivity contribution < 1.29 is 19.0 Å². The maximum Gasteiger partial charge on any atom is 0.297 e. The summed E-state index contributed by atoms with van der Waals surface area (Å²) in [4.78, 5) is 21.7. The Morgan fingerprint density at radius 2 is 1.62 bits per heavy atom. The number of fused-ring (bicyclic) bond motifs is 1. The van der Waals surface area contributed by atoms with E-state index in [9.17, 15) is 5.11 Å². The van der Waals surface area contributed by atoms with E-state index in [4.69, 9.17) is 26.1 Å². The maximum atomic E-state index is 15.0. The lowest BCUT2D eigenvalue weighted by atomic mass is 10.1. The van der Waals surface area contributed by atoms with E-state index < -0.39 is 6.08 Å². The minimum absolute atomic E-state index is 0.0299. The number of phenols is 1. The maximum absolute atomic E-state index is 15.0. The molecule has 1 aromatic carbocycles. The summed E-state index contributed by atoms with van der Waals surface area (Å²) in [7, 11) is 0. The fourth-order valence-electron chi connectivity index (χ4n) is 3.94. The molecule has 32 heavy (non-hydrogen) atoms. The first-order chi connectivity index (χ1) is 15.3. The molecule has 0 unspecified atom stereocenters. The SMILES string of the molecule is CC1(C)CN(c2nc(N3CCOCC3)nc(-n3c(F)nc4c(Cl)c(O)ccc43)n2)CCO1. The van der Waals surface area contributed by atoms with Crippen molar-refractivity contribution in [2.24, 2.45) is 0 Å². The number of hydrogen-bond donors (Lipinski definition) is 1. The number of aromatic hydroxyl groups is 1. The van der Waals surface area contributed by atoms with Gasteiger partial charge in [-0.05, 0) is 26.0 Å².